The topological polar surface area (TPSA) is 92.9 Å². The molecule has 0 fully saturated rings. The van der Waals surface area contributed by atoms with Crippen molar-refractivity contribution in [1.82, 2.24) is 9.97 Å². The molecule has 0 aliphatic carbocycles. The first-order valence-corrected chi connectivity index (χ1v) is 5.90. The third-order valence-corrected chi connectivity index (χ3v) is 2.74. The lowest BCUT2D eigenvalue weighted by Gasteiger charge is -2.26. The molecule has 0 radical (unpaired) electrons. The van der Waals surface area contributed by atoms with Crippen LogP contribution in [0, 0.1) is 0 Å². The fourth-order valence-electron chi connectivity index (χ4n) is 1.60. The summed E-state index contributed by atoms with van der Waals surface area (Å²) >= 11 is 0. The lowest BCUT2D eigenvalue weighted by Crippen LogP contribution is -2.45. The van der Waals surface area contributed by atoms with Crippen molar-refractivity contribution < 1.29 is 4.79 Å². The van der Waals surface area contributed by atoms with Crippen molar-refractivity contribution in [3.63, 3.8) is 0 Å². The van der Waals surface area contributed by atoms with Crippen LogP contribution in [0.4, 0.5) is 11.6 Å². The summed E-state index contributed by atoms with van der Waals surface area (Å²) in [5.74, 6) is 1.18. The fraction of sp³-hybridized carbons (Fsp3) is 0.583. The Hall–Kier alpha value is -1.85. The van der Waals surface area contributed by atoms with Crippen LogP contribution in [0.3, 0.4) is 0 Å². The molecule has 0 saturated carbocycles. The van der Waals surface area contributed by atoms with E-state index < -0.39 is 11.4 Å². The molecule has 6 nitrogen and oxygen atoms in total. The van der Waals surface area contributed by atoms with Crippen LogP contribution < -0.4 is 16.4 Å². The van der Waals surface area contributed by atoms with Crippen molar-refractivity contribution in [2.75, 3.05) is 17.7 Å². The maximum atomic E-state index is 11.4. The quantitative estimate of drug-likeness (QED) is 0.734. The van der Waals surface area contributed by atoms with E-state index in [4.69, 9.17) is 5.73 Å². The summed E-state index contributed by atoms with van der Waals surface area (Å²) in [6.07, 6.45) is 1.46. The Morgan fingerprint density at radius 3 is 2.33 bits per heavy atom. The minimum atomic E-state index is -0.858. The minimum Gasteiger partial charge on any atom is -0.373 e. The van der Waals surface area contributed by atoms with Crippen molar-refractivity contribution >= 4 is 17.5 Å². The van der Waals surface area contributed by atoms with Crippen LogP contribution >= 0.6 is 0 Å². The molecule has 1 rings (SSSR count). The Morgan fingerprint density at radius 1 is 1.33 bits per heavy atom. The van der Waals surface area contributed by atoms with Crippen molar-refractivity contribution in [3.05, 3.63) is 11.9 Å². The fourth-order valence-corrected chi connectivity index (χ4v) is 1.60. The van der Waals surface area contributed by atoms with Crippen molar-refractivity contribution in [2.24, 2.45) is 5.73 Å². The van der Waals surface area contributed by atoms with Gasteiger partial charge < -0.3 is 16.4 Å². The van der Waals surface area contributed by atoms with Crippen molar-refractivity contribution in [2.45, 2.75) is 39.2 Å². The average molecular weight is 251 g/mol. The number of nitrogens with two attached hydrogens (primary N) is 1. The number of hydrogen-bond acceptors (Lipinski definition) is 5. The van der Waals surface area contributed by atoms with Gasteiger partial charge in [-0.25, -0.2) is 9.97 Å². The molecule has 6 heteroatoms. The smallest absolute Gasteiger partial charge is 0.242 e. The highest BCUT2D eigenvalue weighted by Crippen LogP contribution is 2.29. The highest BCUT2D eigenvalue weighted by molar-refractivity contribution is 5.87. The number of carbonyl (C=O) groups excluding carboxylic acids is 1. The molecule has 0 aromatic carbocycles. The summed E-state index contributed by atoms with van der Waals surface area (Å²) < 4.78 is 0. The number of primary amides is 1. The third-order valence-electron chi connectivity index (χ3n) is 2.74. The van der Waals surface area contributed by atoms with E-state index in [9.17, 15) is 4.79 Å². The average Bonchev–Trinajstić information content (AvgIpc) is 2.27. The van der Waals surface area contributed by atoms with Gasteiger partial charge in [0.25, 0.3) is 0 Å². The summed E-state index contributed by atoms with van der Waals surface area (Å²) in [6, 6.07) is 0. The number of amides is 1. The first-order valence-electron chi connectivity index (χ1n) is 5.90. The first kappa shape index (κ1) is 14.2. The molecule has 0 atom stereocenters. The number of aromatic nitrogens is 2. The van der Waals surface area contributed by atoms with Gasteiger partial charge in [-0.15, -0.1) is 0 Å². The van der Waals surface area contributed by atoms with E-state index in [2.05, 4.69) is 20.6 Å². The molecule has 0 unspecified atom stereocenters. The van der Waals surface area contributed by atoms with Gasteiger partial charge >= 0.3 is 0 Å². The molecule has 0 aliphatic heterocycles. The Kier molecular flexibility index (Phi) is 4.11. The number of anilines is 2. The van der Waals surface area contributed by atoms with Gasteiger partial charge in [-0.05, 0) is 19.8 Å². The molecule has 4 N–H and O–H groups in total. The summed E-state index contributed by atoms with van der Waals surface area (Å²) in [7, 11) is 1.80. The summed E-state index contributed by atoms with van der Waals surface area (Å²) in [5.41, 5.74) is 5.44. The second kappa shape index (κ2) is 5.20. The Bertz CT molecular complexity index is 442. The van der Waals surface area contributed by atoms with Crippen LogP contribution in [-0.2, 0) is 4.79 Å². The molecule has 1 aromatic heterocycles. The first-order chi connectivity index (χ1) is 8.29. The highest BCUT2D eigenvalue weighted by atomic mass is 16.1. The normalized spacial score (nSPS) is 11.4. The zero-order valence-electron chi connectivity index (χ0n) is 11.5. The minimum absolute atomic E-state index is 0.222. The van der Waals surface area contributed by atoms with Gasteiger partial charge in [0.1, 0.15) is 23.5 Å². The molecule has 0 saturated heterocycles. The lowest BCUT2D eigenvalue weighted by atomic mass is 10.0. The lowest BCUT2D eigenvalue weighted by molar-refractivity contribution is -0.121. The third kappa shape index (κ3) is 2.88. The van der Waals surface area contributed by atoms with E-state index in [0.29, 0.717) is 5.82 Å². The standard InChI is InChI=1S/C12H21N5O/c1-7(2)8-9(14-5)15-6-16-10(8)17-12(3,4)11(13)18/h6-7H,1-5H3,(H2,13,18)(H2,14,15,16,17). The number of carbonyl (C=O) groups is 1. The van der Waals surface area contributed by atoms with Crippen LogP contribution in [0.25, 0.3) is 0 Å². The molecular weight excluding hydrogens is 230 g/mol. The zero-order chi connectivity index (χ0) is 13.9. The van der Waals surface area contributed by atoms with E-state index >= 15 is 0 Å². The predicted octanol–water partition coefficient (Wildman–Crippen LogP) is 1.32. The van der Waals surface area contributed by atoms with Gasteiger partial charge in [0.2, 0.25) is 5.91 Å². The summed E-state index contributed by atoms with van der Waals surface area (Å²) in [4.78, 5) is 19.7. The Morgan fingerprint density at radius 2 is 1.89 bits per heavy atom. The van der Waals surface area contributed by atoms with E-state index in [1.165, 1.54) is 6.33 Å². The molecule has 0 aliphatic rings. The number of nitrogens with one attached hydrogen (secondary N) is 2. The monoisotopic (exact) mass is 251 g/mol. The van der Waals surface area contributed by atoms with Crippen molar-refractivity contribution in [3.8, 4) is 0 Å². The van der Waals surface area contributed by atoms with E-state index in [1.807, 2.05) is 13.8 Å². The maximum Gasteiger partial charge on any atom is 0.242 e. The second-order valence-corrected chi connectivity index (χ2v) is 5.00. The van der Waals surface area contributed by atoms with Crippen LogP contribution in [0.2, 0.25) is 0 Å². The molecule has 1 amide bonds. The van der Waals surface area contributed by atoms with E-state index in [-0.39, 0.29) is 5.92 Å². The molecular formula is C12H21N5O. The Labute approximate surface area is 107 Å². The molecule has 0 spiro atoms. The van der Waals surface area contributed by atoms with Crippen LogP contribution in [0.15, 0.2) is 6.33 Å². The Balaban J connectivity index is 3.21. The van der Waals surface area contributed by atoms with Crippen LogP contribution in [0.5, 0.6) is 0 Å². The van der Waals surface area contributed by atoms with E-state index in [0.717, 1.165) is 11.4 Å². The van der Waals surface area contributed by atoms with Gasteiger partial charge in [-0.3, -0.25) is 4.79 Å². The van der Waals surface area contributed by atoms with Gasteiger partial charge in [-0.2, -0.15) is 0 Å². The highest BCUT2D eigenvalue weighted by Gasteiger charge is 2.27. The van der Waals surface area contributed by atoms with Gasteiger partial charge in [0.05, 0.1) is 0 Å². The summed E-state index contributed by atoms with van der Waals surface area (Å²) in [6.45, 7) is 7.53. The van der Waals surface area contributed by atoms with Gasteiger partial charge in [0.15, 0.2) is 0 Å². The van der Waals surface area contributed by atoms with E-state index in [1.54, 1.807) is 20.9 Å². The molecule has 1 heterocycles. The van der Waals surface area contributed by atoms with Crippen LogP contribution in [-0.4, -0.2) is 28.5 Å². The van der Waals surface area contributed by atoms with Crippen LogP contribution in [0.1, 0.15) is 39.2 Å². The largest absolute Gasteiger partial charge is 0.373 e. The van der Waals surface area contributed by atoms with Gasteiger partial charge in [0, 0.05) is 12.6 Å². The maximum absolute atomic E-state index is 11.4. The zero-order valence-corrected chi connectivity index (χ0v) is 11.5. The number of nitrogens with zero attached hydrogens (tertiary/aromatic N) is 2. The number of rotatable bonds is 5. The van der Waals surface area contributed by atoms with Crippen molar-refractivity contribution in [1.29, 1.82) is 0 Å². The molecule has 0 bridgehead atoms. The summed E-state index contributed by atoms with van der Waals surface area (Å²) in [5, 5.41) is 6.10. The second-order valence-electron chi connectivity index (χ2n) is 5.00. The molecule has 1 aromatic rings. The molecule has 100 valence electrons. The predicted molar refractivity (Wildman–Crippen MR) is 72.6 cm³/mol. The van der Waals surface area contributed by atoms with Gasteiger partial charge in [-0.1, -0.05) is 13.8 Å². The number of hydrogen-bond donors (Lipinski definition) is 3. The SMILES string of the molecule is CNc1ncnc(NC(C)(C)C(N)=O)c1C(C)C. The molecule has 18 heavy (non-hydrogen) atoms.